The Morgan fingerprint density at radius 3 is 2.65 bits per heavy atom. The van der Waals surface area contributed by atoms with Crippen LogP contribution in [0.3, 0.4) is 0 Å². The van der Waals surface area contributed by atoms with Crippen LogP contribution in [0.2, 0.25) is 0 Å². The maximum absolute atomic E-state index is 12.2. The number of nitrogens with zero attached hydrogens (tertiary/aromatic N) is 1. The van der Waals surface area contributed by atoms with Gasteiger partial charge < -0.3 is 15.7 Å². The molecule has 3 N–H and O–H groups in total. The summed E-state index contributed by atoms with van der Waals surface area (Å²) >= 11 is 0. The molecule has 1 aliphatic rings. The largest absolute Gasteiger partial charge is 0.480 e. The Morgan fingerprint density at radius 2 is 2.12 bits per heavy atom. The molecule has 0 aromatic carbocycles. The van der Waals surface area contributed by atoms with E-state index in [1.54, 1.807) is 6.92 Å². The quantitative estimate of drug-likeness (QED) is 0.764. The number of carbonyl (C=O) groups is 2. The van der Waals surface area contributed by atoms with Crippen LogP contribution in [0.1, 0.15) is 39.5 Å². The van der Waals surface area contributed by atoms with Crippen molar-refractivity contribution in [2.45, 2.75) is 45.1 Å². The third-order valence-electron chi connectivity index (χ3n) is 3.64. The highest BCUT2D eigenvalue weighted by molar-refractivity contribution is 5.88. The molecule has 0 aromatic rings. The normalized spacial score (nSPS) is 26.6. The number of rotatable bonds is 4. The Kier molecular flexibility index (Phi) is 4.51. The fourth-order valence-corrected chi connectivity index (χ4v) is 2.34. The van der Waals surface area contributed by atoms with E-state index in [-0.39, 0.29) is 11.8 Å². The van der Waals surface area contributed by atoms with E-state index in [9.17, 15) is 14.7 Å². The summed E-state index contributed by atoms with van der Waals surface area (Å²) in [5, 5.41) is 9.31. The van der Waals surface area contributed by atoms with Gasteiger partial charge in [-0.2, -0.15) is 0 Å². The lowest BCUT2D eigenvalue weighted by atomic mass is 9.87. The minimum absolute atomic E-state index is 0.0833. The van der Waals surface area contributed by atoms with Crippen LogP contribution in [0.15, 0.2) is 0 Å². The Morgan fingerprint density at radius 1 is 1.47 bits per heavy atom. The fraction of sp³-hybridized carbons (Fsp3) is 0.833. The summed E-state index contributed by atoms with van der Waals surface area (Å²) in [4.78, 5) is 25.1. The van der Waals surface area contributed by atoms with Crippen molar-refractivity contribution in [3.05, 3.63) is 0 Å². The average Bonchev–Trinajstić information content (AvgIpc) is 2.29. The van der Waals surface area contributed by atoms with Crippen molar-refractivity contribution in [1.82, 2.24) is 4.90 Å². The summed E-state index contributed by atoms with van der Waals surface area (Å²) in [6.45, 7) is 4.44. The monoisotopic (exact) mass is 242 g/mol. The zero-order valence-electron chi connectivity index (χ0n) is 10.6. The van der Waals surface area contributed by atoms with Crippen LogP contribution in [0.4, 0.5) is 0 Å². The lowest BCUT2D eigenvalue weighted by Gasteiger charge is -2.42. The summed E-state index contributed by atoms with van der Waals surface area (Å²) in [6.07, 6.45) is 2.87. The molecular formula is C12H22N2O3. The van der Waals surface area contributed by atoms with Crippen LogP contribution >= 0.6 is 0 Å². The van der Waals surface area contributed by atoms with Crippen molar-refractivity contribution in [3.63, 3.8) is 0 Å². The molecule has 1 fully saturated rings. The third-order valence-corrected chi connectivity index (χ3v) is 3.64. The number of carboxylic acid groups (broad SMARTS) is 1. The molecule has 0 saturated carbocycles. The molecule has 1 aliphatic heterocycles. The van der Waals surface area contributed by atoms with Crippen LogP contribution in [-0.2, 0) is 9.59 Å². The van der Waals surface area contributed by atoms with E-state index in [1.165, 1.54) is 4.90 Å². The smallest absolute Gasteiger partial charge is 0.329 e. The van der Waals surface area contributed by atoms with Crippen molar-refractivity contribution in [2.75, 3.05) is 13.1 Å². The first kappa shape index (κ1) is 14.0. The summed E-state index contributed by atoms with van der Waals surface area (Å²) in [7, 11) is 0. The Hall–Kier alpha value is -1.10. The zero-order chi connectivity index (χ0) is 13.1. The molecule has 2 atom stereocenters. The first-order valence-electron chi connectivity index (χ1n) is 6.18. The number of piperidine rings is 1. The Bertz CT molecular complexity index is 306. The highest BCUT2D eigenvalue weighted by Gasteiger charge is 2.44. The second-order valence-corrected chi connectivity index (χ2v) is 5.00. The summed E-state index contributed by atoms with van der Waals surface area (Å²) in [6, 6.07) is 0. The van der Waals surface area contributed by atoms with Gasteiger partial charge >= 0.3 is 5.97 Å². The highest BCUT2D eigenvalue weighted by Crippen LogP contribution is 2.30. The lowest BCUT2D eigenvalue weighted by Crippen LogP contribution is -2.58. The Labute approximate surface area is 102 Å². The van der Waals surface area contributed by atoms with Crippen molar-refractivity contribution >= 4 is 11.9 Å². The maximum Gasteiger partial charge on any atom is 0.329 e. The molecule has 1 heterocycles. The van der Waals surface area contributed by atoms with Crippen LogP contribution in [0, 0.1) is 5.92 Å². The van der Waals surface area contributed by atoms with Gasteiger partial charge in [-0.1, -0.05) is 6.92 Å². The number of hydrogen-bond donors (Lipinski definition) is 2. The van der Waals surface area contributed by atoms with Crippen LogP contribution in [-0.4, -0.2) is 40.5 Å². The van der Waals surface area contributed by atoms with Gasteiger partial charge in [-0.25, -0.2) is 4.79 Å². The first-order chi connectivity index (χ1) is 7.93. The fourth-order valence-electron chi connectivity index (χ4n) is 2.34. The molecule has 1 saturated heterocycles. The van der Waals surface area contributed by atoms with Gasteiger partial charge in [0, 0.05) is 12.5 Å². The van der Waals surface area contributed by atoms with Crippen molar-refractivity contribution in [2.24, 2.45) is 11.7 Å². The van der Waals surface area contributed by atoms with E-state index in [0.29, 0.717) is 25.9 Å². The average molecular weight is 242 g/mol. The number of carbonyl (C=O) groups excluding carboxylic acids is 1. The third kappa shape index (κ3) is 2.77. The molecule has 5 heteroatoms. The van der Waals surface area contributed by atoms with Gasteiger partial charge in [-0.3, -0.25) is 4.79 Å². The molecule has 0 aromatic heterocycles. The minimum atomic E-state index is -1.04. The molecule has 1 amide bonds. The second-order valence-electron chi connectivity index (χ2n) is 5.00. The second kappa shape index (κ2) is 5.49. The molecule has 0 bridgehead atoms. The minimum Gasteiger partial charge on any atom is -0.480 e. The predicted octanol–water partition coefficient (Wildman–Crippen LogP) is 0.827. The van der Waals surface area contributed by atoms with E-state index in [0.717, 1.165) is 12.8 Å². The zero-order valence-corrected chi connectivity index (χ0v) is 10.6. The van der Waals surface area contributed by atoms with Crippen molar-refractivity contribution in [1.29, 1.82) is 0 Å². The number of aliphatic carboxylic acids is 1. The van der Waals surface area contributed by atoms with E-state index in [1.807, 2.05) is 6.92 Å². The molecule has 0 aliphatic carbocycles. The van der Waals surface area contributed by atoms with Gasteiger partial charge in [-0.15, -0.1) is 0 Å². The van der Waals surface area contributed by atoms with Gasteiger partial charge in [0.2, 0.25) is 5.91 Å². The van der Waals surface area contributed by atoms with Gasteiger partial charge in [0.25, 0.3) is 0 Å². The molecule has 1 rings (SSSR count). The number of hydrogen-bond acceptors (Lipinski definition) is 3. The molecule has 0 spiro atoms. The summed E-state index contributed by atoms with van der Waals surface area (Å²) < 4.78 is 0. The molecule has 2 unspecified atom stereocenters. The lowest BCUT2D eigenvalue weighted by molar-refractivity contribution is -0.162. The predicted molar refractivity (Wildman–Crippen MR) is 64.4 cm³/mol. The van der Waals surface area contributed by atoms with Crippen molar-refractivity contribution in [3.8, 4) is 0 Å². The van der Waals surface area contributed by atoms with E-state index >= 15 is 0 Å². The van der Waals surface area contributed by atoms with Crippen LogP contribution in [0.5, 0.6) is 0 Å². The SMILES string of the molecule is CC(CCN)C(=O)N1CCCCC1(C)C(=O)O. The molecule has 17 heavy (non-hydrogen) atoms. The highest BCUT2D eigenvalue weighted by atomic mass is 16.4. The number of nitrogens with two attached hydrogens (primary N) is 1. The molecular weight excluding hydrogens is 220 g/mol. The first-order valence-corrected chi connectivity index (χ1v) is 6.18. The van der Waals surface area contributed by atoms with E-state index < -0.39 is 11.5 Å². The van der Waals surface area contributed by atoms with E-state index in [4.69, 9.17) is 5.73 Å². The summed E-state index contributed by atoms with van der Waals surface area (Å²) in [5.74, 6) is -1.19. The van der Waals surface area contributed by atoms with E-state index in [2.05, 4.69) is 0 Å². The Balaban J connectivity index is 2.85. The van der Waals surface area contributed by atoms with Crippen LogP contribution in [0.25, 0.3) is 0 Å². The number of amides is 1. The number of likely N-dealkylation sites (tertiary alicyclic amines) is 1. The van der Waals surface area contributed by atoms with Gasteiger partial charge in [0.1, 0.15) is 5.54 Å². The molecule has 98 valence electrons. The topological polar surface area (TPSA) is 83.6 Å². The summed E-state index contributed by atoms with van der Waals surface area (Å²) in [5.41, 5.74) is 4.39. The van der Waals surface area contributed by atoms with Crippen LogP contribution < -0.4 is 5.73 Å². The maximum atomic E-state index is 12.2. The standard InChI is InChI=1S/C12H22N2O3/c1-9(5-7-13)10(15)14-8-4-3-6-12(14,2)11(16)17/h9H,3-8,13H2,1-2H3,(H,16,17). The molecule has 5 nitrogen and oxygen atoms in total. The van der Waals surface area contributed by atoms with Gasteiger partial charge in [0.15, 0.2) is 0 Å². The van der Waals surface area contributed by atoms with Crippen molar-refractivity contribution < 1.29 is 14.7 Å². The van der Waals surface area contributed by atoms with Gasteiger partial charge in [-0.05, 0) is 39.2 Å². The molecule has 0 radical (unpaired) electrons. The van der Waals surface area contributed by atoms with Gasteiger partial charge in [0.05, 0.1) is 0 Å². The number of carboxylic acids is 1.